The van der Waals surface area contributed by atoms with Crippen LogP contribution in [0.25, 0.3) is 0 Å². The van der Waals surface area contributed by atoms with Gasteiger partial charge in [0.15, 0.2) is 0 Å². The molecular weight excluding hydrogens is 406 g/mol. The maximum absolute atomic E-state index is 12.5. The van der Waals surface area contributed by atoms with Crippen LogP contribution in [0.4, 0.5) is 11.4 Å². The molecule has 1 aliphatic rings. The first-order valence-corrected chi connectivity index (χ1v) is 10.8. The third-order valence-corrected chi connectivity index (χ3v) is 5.61. The first-order valence-electron chi connectivity index (χ1n) is 9.62. The second kappa shape index (κ2) is 10.7. The molecular formula is C21H23N3O5S. The largest absolute Gasteiger partial charge is 0.376 e. The van der Waals surface area contributed by atoms with E-state index in [1.807, 2.05) is 0 Å². The SMILES string of the molecule is O=C(CSCc1ccc([N+](=O)[O-])cc1)Nc1ccccc1C(=O)NCC1CCCO1. The summed E-state index contributed by atoms with van der Waals surface area (Å²) in [6, 6.07) is 13.1. The third-order valence-electron chi connectivity index (χ3n) is 4.61. The summed E-state index contributed by atoms with van der Waals surface area (Å²) in [7, 11) is 0. The molecule has 30 heavy (non-hydrogen) atoms. The molecule has 1 atom stereocenters. The first-order chi connectivity index (χ1) is 14.5. The molecule has 2 N–H and O–H groups in total. The summed E-state index contributed by atoms with van der Waals surface area (Å²) < 4.78 is 5.51. The van der Waals surface area contributed by atoms with Gasteiger partial charge in [0.1, 0.15) is 0 Å². The Balaban J connectivity index is 1.48. The van der Waals surface area contributed by atoms with Crippen molar-refractivity contribution in [2.24, 2.45) is 0 Å². The van der Waals surface area contributed by atoms with E-state index in [0.717, 1.165) is 25.0 Å². The average molecular weight is 429 g/mol. The molecule has 0 bridgehead atoms. The van der Waals surface area contributed by atoms with Crippen molar-refractivity contribution in [3.63, 3.8) is 0 Å². The summed E-state index contributed by atoms with van der Waals surface area (Å²) in [6.45, 7) is 1.18. The Morgan fingerprint density at radius 1 is 1.17 bits per heavy atom. The summed E-state index contributed by atoms with van der Waals surface area (Å²) in [4.78, 5) is 35.1. The van der Waals surface area contributed by atoms with Crippen molar-refractivity contribution in [2.75, 3.05) is 24.2 Å². The van der Waals surface area contributed by atoms with Crippen LogP contribution in [0, 0.1) is 10.1 Å². The maximum Gasteiger partial charge on any atom is 0.269 e. The smallest absolute Gasteiger partial charge is 0.269 e. The van der Waals surface area contributed by atoms with Crippen LogP contribution in [-0.4, -0.2) is 41.7 Å². The first kappa shape index (κ1) is 21.8. The fourth-order valence-electron chi connectivity index (χ4n) is 3.06. The maximum atomic E-state index is 12.5. The lowest BCUT2D eigenvalue weighted by Gasteiger charge is -2.13. The van der Waals surface area contributed by atoms with Crippen LogP contribution < -0.4 is 10.6 Å². The molecule has 0 aromatic heterocycles. The number of ether oxygens (including phenoxy) is 1. The van der Waals surface area contributed by atoms with Gasteiger partial charge in [-0.1, -0.05) is 24.3 Å². The van der Waals surface area contributed by atoms with Crippen LogP contribution in [0.2, 0.25) is 0 Å². The Morgan fingerprint density at radius 3 is 2.63 bits per heavy atom. The zero-order chi connectivity index (χ0) is 21.3. The van der Waals surface area contributed by atoms with E-state index in [9.17, 15) is 19.7 Å². The topological polar surface area (TPSA) is 111 Å². The number of benzene rings is 2. The lowest BCUT2D eigenvalue weighted by Crippen LogP contribution is -2.32. The van der Waals surface area contributed by atoms with E-state index in [4.69, 9.17) is 4.74 Å². The molecule has 0 spiro atoms. The van der Waals surface area contributed by atoms with Gasteiger partial charge in [-0.3, -0.25) is 19.7 Å². The summed E-state index contributed by atoms with van der Waals surface area (Å²) in [5.41, 5.74) is 1.80. The van der Waals surface area contributed by atoms with Crippen molar-refractivity contribution in [2.45, 2.75) is 24.7 Å². The number of nitro groups is 1. The van der Waals surface area contributed by atoms with Crippen molar-refractivity contribution >= 4 is 35.0 Å². The van der Waals surface area contributed by atoms with E-state index >= 15 is 0 Å². The van der Waals surface area contributed by atoms with Crippen LogP contribution >= 0.6 is 11.8 Å². The quantitative estimate of drug-likeness (QED) is 0.467. The summed E-state index contributed by atoms with van der Waals surface area (Å²) in [6.07, 6.45) is 1.99. The normalized spacial score (nSPS) is 15.5. The molecule has 1 unspecified atom stereocenters. The van der Waals surface area contributed by atoms with Gasteiger partial charge in [-0.15, -0.1) is 11.8 Å². The van der Waals surface area contributed by atoms with Crippen LogP contribution in [0.5, 0.6) is 0 Å². The van der Waals surface area contributed by atoms with E-state index < -0.39 is 4.92 Å². The number of hydrogen-bond donors (Lipinski definition) is 2. The average Bonchev–Trinajstić information content (AvgIpc) is 3.26. The van der Waals surface area contributed by atoms with E-state index in [1.165, 1.54) is 23.9 Å². The van der Waals surface area contributed by atoms with Crippen LogP contribution in [0.3, 0.4) is 0 Å². The predicted octanol–water partition coefficient (Wildman–Crippen LogP) is 3.38. The summed E-state index contributed by atoms with van der Waals surface area (Å²) in [5.74, 6) is 0.277. The highest BCUT2D eigenvalue weighted by atomic mass is 32.2. The Hall–Kier alpha value is -2.91. The lowest BCUT2D eigenvalue weighted by atomic mass is 10.1. The number of thioether (sulfide) groups is 1. The number of rotatable bonds is 9. The summed E-state index contributed by atoms with van der Waals surface area (Å²) >= 11 is 1.39. The Labute approximate surface area is 178 Å². The molecule has 2 aromatic carbocycles. The van der Waals surface area contributed by atoms with Gasteiger partial charge in [0.2, 0.25) is 5.91 Å². The Morgan fingerprint density at radius 2 is 1.93 bits per heavy atom. The van der Waals surface area contributed by atoms with Crippen molar-refractivity contribution in [1.29, 1.82) is 0 Å². The van der Waals surface area contributed by atoms with Crippen molar-refractivity contribution < 1.29 is 19.2 Å². The zero-order valence-corrected chi connectivity index (χ0v) is 17.2. The number of amides is 2. The van der Waals surface area contributed by atoms with Gasteiger partial charge in [-0.05, 0) is 30.5 Å². The molecule has 9 heteroatoms. The number of hydrogen-bond acceptors (Lipinski definition) is 6. The molecule has 2 amide bonds. The van der Waals surface area contributed by atoms with Crippen LogP contribution in [-0.2, 0) is 15.3 Å². The summed E-state index contributed by atoms with van der Waals surface area (Å²) in [5, 5.41) is 16.3. The number of carbonyl (C=O) groups is 2. The monoisotopic (exact) mass is 429 g/mol. The number of para-hydroxylation sites is 1. The highest BCUT2D eigenvalue weighted by molar-refractivity contribution is 7.99. The molecule has 0 saturated carbocycles. The second-order valence-corrected chi connectivity index (χ2v) is 7.84. The Kier molecular flexibility index (Phi) is 7.81. The molecule has 3 rings (SSSR count). The van der Waals surface area contributed by atoms with Crippen molar-refractivity contribution in [3.8, 4) is 0 Å². The standard InChI is InChI=1S/C21H23N3O5S/c25-20(14-30-13-15-7-9-16(10-8-15)24(27)28)23-19-6-2-1-5-18(19)21(26)22-12-17-4-3-11-29-17/h1-2,5-10,17H,3-4,11-14H2,(H,22,26)(H,23,25). The second-order valence-electron chi connectivity index (χ2n) is 6.86. The molecule has 1 fully saturated rings. The van der Waals surface area contributed by atoms with Gasteiger partial charge in [-0.25, -0.2) is 0 Å². The molecule has 0 aliphatic carbocycles. The molecule has 8 nitrogen and oxygen atoms in total. The van der Waals surface area contributed by atoms with Gasteiger partial charge in [0.25, 0.3) is 11.6 Å². The predicted molar refractivity (Wildman–Crippen MR) is 116 cm³/mol. The fraction of sp³-hybridized carbons (Fsp3) is 0.333. The van der Waals surface area contributed by atoms with Gasteiger partial charge in [-0.2, -0.15) is 0 Å². The highest BCUT2D eigenvalue weighted by Gasteiger charge is 2.18. The van der Waals surface area contributed by atoms with Gasteiger partial charge in [0.05, 0.1) is 28.0 Å². The minimum Gasteiger partial charge on any atom is -0.376 e. The minimum atomic E-state index is -0.446. The number of anilines is 1. The van der Waals surface area contributed by atoms with Crippen molar-refractivity contribution in [1.82, 2.24) is 5.32 Å². The molecule has 158 valence electrons. The van der Waals surface area contributed by atoms with Crippen LogP contribution in [0.1, 0.15) is 28.8 Å². The highest BCUT2D eigenvalue weighted by Crippen LogP contribution is 2.19. The third kappa shape index (κ3) is 6.30. The number of non-ortho nitro benzene ring substituents is 1. The van der Waals surface area contributed by atoms with Crippen LogP contribution in [0.15, 0.2) is 48.5 Å². The van der Waals surface area contributed by atoms with E-state index in [1.54, 1.807) is 36.4 Å². The minimum absolute atomic E-state index is 0.0378. The molecule has 1 saturated heterocycles. The fourth-order valence-corrected chi connectivity index (χ4v) is 3.85. The molecule has 0 radical (unpaired) electrons. The lowest BCUT2D eigenvalue weighted by molar-refractivity contribution is -0.384. The van der Waals surface area contributed by atoms with E-state index in [-0.39, 0.29) is 29.4 Å². The van der Waals surface area contributed by atoms with Gasteiger partial charge < -0.3 is 15.4 Å². The van der Waals surface area contributed by atoms with Gasteiger partial charge >= 0.3 is 0 Å². The van der Waals surface area contributed by atoms with Crippen molar-refractivity contribution in [3.05, 3.63) is 69.8 Å². The van der Waals surface area contributed by atoms with E-state index in [2.05, 4.69) is 10.6 Å². The molecule has 1 aliphatic heterocycles. The number of nitrogens with zero attached hydrogens (tertiary/aromatic N) is 1. The number of carbonyl (C=O) groups excluding carboxylic acids is 2. The van der Waals surface area contributed by atoms with E-state index in [0.29, 0.717) is 23.5 Å². The number of nitro benzene ring substituents is 1. The number of nitrogens with one attached hydrogen (secondary N) is 2. The Bertz CT molecular complexity index is 898. The zero-order valence-electron chi connectivity index (χ0n) is 16.3. The van der Waals surface area contributed by atoms with Gasteiger partial charge in [0, 0.05) is 31.0 Å². The molecule has 2 aromatic rings. The molecule has 1 heterocycles.